The van der Waals surface area contributed by atoms with Gasteiger partial charge in [-0.1, -0.05) is 23.2 Å². The number of carbonyl (C=O) groups is 4. The van der Waals surface area contributed by atoms with Gasteiger partial charge in [0.1, 0.15) is 6.54 Å². The molecule has 0 bridgehead atoms. The number of Topliss-reactive ketones (excluding diaryl/α,β-unsaturated/α-hetero) is 1. The van der Waals surface area contributed by atoms with Gasteiger partial charge >= 0.3 is 0 Å². The van der Waals surface area contributed by atoms with E-state index in [0.29, 0.717) is 19.0 Å². The Morgan fingerprint density at radius 3 is 1.79 bits per heavy atom. The molecule has 9 nitrogen and oxygen atoms in total. The molecule has 0 saturated heterocycles. The molecule has 1 aliphatic heterocycles. The molecule has 0 N–H and O–H groups in total. The summed E-state index contributed by atoms with van der Waals surface area (Å²) in [6.07, 6.45) is 0. The highest BCUT2D eigenvalue weighted by Gasteiger charge is 2.46. The molecule has 0 aliphatic carbocycles. The van der Waals surface area contributed by atoms with Crippen LogP contribution in [-0.4, -0.2) is 45.0 Å². The summed E-state index contributed by atoms with van der Waals surface area (Å²) in [4.78, 5) is 64.3. The van der Waals surface area contributed by atoms with Crippen LogP contribution < -0.4 is 0 Å². The Hall–Kier alpha value is -2.16. The normalized spacial score (nSPS) is 12.5. The number of hydrogen-bond donors (Lipinski definition) is 0. The molecule has 3 aromatic rings. The van der Waals surface area contributed by atoms with Gasteiger partial charge in [-0.2, -0.15) is 5.01 Å². The minimum absolute atomic E-state index is 0.0204. The van der Waals surface area contributed by atoms with E-state index < -0.39 is 35.0 Å². The van der Waals surface area contributed by atoms with Crippen LogP contribution in [0.5, 0.6) is 0 Å². The van der Waals surface area contributed by atoms with Crippen molar-refractivity contribution in [1.29, 1.82) is 0 Å². The van der Waals surface area contributed by atoms with E-state index in [1.54, 1.807) is 0 Å². The SMILES string of the molecule is O=C(CN(C(=O)c1ccc(Cl)c(Cl)c1)N1C(=O)c2c(Br)c(Br)c(Br)c(Br)c2C1=O)c1ccc([N+](=O)[O-])cc1. The number of nitrogens with zero attached hydrogens (tertiary/aromatic N) is 3. The van der Waals surface area contributed by atoms with Crippen LogP contribution in [0, 0.1) is 10.1 Å². The van der Waals surface area contributed by atoms with E-state index in [2.05, 4.69) is 63.7 Å². The zero-order valence-electron chi connectivity index (χ0n) is 18.3. The second-order valence-electron chi connectivity index (χ2n) is 7.65. The van der Waals surface area contributed by atoms with Crippen molar-refractivity contribution < 1.29 is 24.1 Å². The molecule has 1 aliphatic rings. The second kappa shape index (κ2) is 11.1. The fraction of sp³-hybridized carbons (Fsp3) is 0.0435. The molecule has 3 amide bonds. The maximum Gasteiger partial charge on any atom is 0.282 e. The number of hydrazine groups is 1. The van der Waals surface area contributed by atoms with Crippen LogP contribution in [0.3, 0.4) is 0 Å². The van der Waals surface area contributed by atoms with Crippen molar-refractivity contribution in [3.05, 3.63) is 103 Å². The number of hydrogen-bond acceptors (Lipinski definition) is 6. The van der Waals surface area contributed by atoms with Crippen molar-refractivity contribution in [2.75, 3.05) is 6.54 Å². The highest BCUT2D eigenvalue weighted by molar-refractivity contribution is 9.15. The smallest absolute Gasteiger partial charge is 0.282 e. The fourth-order valence-corrected chi connectivity index (χ4v) is 6.32. The van der Waals surface area contributed by atoms with Crippen molar-refractivity contribution in [1.82, 2.24) is 10.0 Å². The van der Waals surface area contributed by atoms with Crippen molar-refractivity contribution in [2.45, 2.75) is 0 Å². The lowest BCUT2D eigenvalue weighted by Gasteiger charge is -2.29. The number of ketones is 1. The summed E-state index contributed by atoms with van der Waals surface area (Å²) < 4.78 is 1.39. The minimum atomic E-state index is -0.890. The highest BCUT2D eigenvalue weighted by Crippen LogP contribution is 2.45. The quantitative estimate of drug-likeness (QED) is 0.0636. The average Bonchev–Trinajstić information content (AvgIpc) is 3.15. The van der Waals surface area contributed by atoms with Crippen LogP contribution in [0.15, 0.2) is 60.4 Å². The molecule has 3 aromatic carbocycles. The van der Waals surface area contributed by atoms with Crippen LogP contribution in [0.1, 0.15) is 41.4 Å². The number of non-ortho nitro benzene ring substituents is 1. The summed E-state index contributed by atoms with van der Waals surface area (Å²) in [5.41, 5.74) is -0.338. The van der Waals surface area contributed by atoms with E-state index in [1.807, 2.05) is 0 Å². The molecule has 38 heavy (non-hydrogen) atoms. The summed E-state index contributed by atoms with van der Waals surface area (Å²) in [6, 6.07) is 8.62. The van der Waals surface area contributed by atoms with Gasteiger partial charge in [0.05, 0.1) is 26.1 Å². The Labute approximate surface area is 257 Å². The topological polar surface area (TPSA) is 118 Å². The molecule has 0 atom stereocenters. The first-order chi connectivity index (χ1) is 17.8. The molecule has 0 unspecified atom stereocenters. The van der Waals surface area contributed by atoms with Gasteiger partial charge in [0, 0.05) is 41.2 Å². The Balaban J connectivity index is 1.81. The average molecular weight is 814 g/mol. The van der Waals surface area contributed by atoms with Gasteiger partial charge in [0.15, 0.2) is 5.78 Å². The van der Waals surface area contributed by atoms with E-state index in [1.165, 1.54) is 30.3 Å². The molecule has 0 radical (unpaired) electrons. The number of amides is 3. The third kappa shape index (κ3) is 5.07. The van der Waals surface area contributed by atoms with Gasteiger partial charge in [0.2, 0.25) is 0 Å². The summed E-state index contributed by atoms with van der Waals surface area (Å²) in [6.45, 7) is -0.750. The largest absolute Gasteiger partial charge is 0.292 e. The van der Waals surface area contributed by atoms with E-state index in [0.717, 1.165) is 12.1 Å². The lowest BCUT2D eigenvalue weighted by atomic mass is 10.1. The zero-order chi connectivity index (χ0) is 28.0. The molecule has 1 heterocycles. The van der Waals surface area contributed by atoms with Crippen LogP contribution in [-0.2, 0) is 0 Å². The molecule has 0 saturated carbocycles. The van der Waals surface area contributed by atoms with Crippen LogP contribution in [0.4, 0.5) is 5.69 Å². The Bertz CT molecular complexity index is 1540. The fourth-order valence-electron chi connectivity index (χ4n) is 3.56. The lowest BCUT2D eigenvalue weighted by molar-refractivity contribution is -0.384. The van der Waals surface area contributed by atoms with Crippen molar-refractivity contribution in [3.8, 4) is 0 Å². The first-order valence-corrected chi connectivity index (χ1v) is 14.1. The second-order valence-corrected chi connectivity index (χ2v) is 11.6. The third-order valence-electron chi connectivity index (χ3n) is 5.42. The number of nitro benzene ring substituents is 1. The monoisotopic (exact) mass is 809 g/mol. The zero-order valence-corrected chi connectivity index (χ0v) is 26.2. The van der Waals surface area contributed by atoms with E-state index >= 15 is 0 Å². The van der Waals surface area contributed by atoms with Crippen LogP contribution in [0.25, 0.3) is 0 Å². The number of halogens is 6. The first-order valence-electron chi connectivity index (χ1n) is 10.1. The number of fused-ring (bicyclic) bond motifs is 1. The molecule has 0 fully saturated rings. The Morgan fingerprint density at radius 1 is 0.816 bits per heavy atom. The van der Waals surface area contributed by atoms with Crippen molar-refractivity contribution in [3.63, 3.8) is 0 Å². The Morgan fingerprint density at radius 2 is 1.32 bits per heavy atom. The number of rotatable bonds is 6. The number of nitro groups is 1. The predicted molar refractivity (Wildman–Crippen MR) is 153 cm³/mol. The molecule has 0 aromatic heterocycles. The van der Waals surface area contributed by atoms with E-state index in [4.69, 9.17) is 23.2 Å². The van der Waals surface area contributed by atoms with Gasteiger partial charge < -0.3 is 0 Å². The molecule has 4 rings (SSSR count). The standard InChI is InChI=1S/C23H9Br4Cl2N3O6/c24-17-15-16(18(25)20(27)19(17)26)23(36)31(22(15)35)30(21(34)10-3-6-12(28)13(29)7-10)8-14(33)9-1-4-11(5-2-9)32(37)38/h1-7H,8H2. The van der Waals surface area contributed by atoms with Gasteiger partial charge in [-0.05, 0) is 94.1 Å². The molecular formula is C23H9Br4Cl2N3O6. The van der Waals surface area contributed by atoms with Crippen molar-refractivity contribution in [2.24, 2.45) is 0 Å². The van der Waals surface area contributed by atoms with Gasteiger partial charge in [-0.25, -0.2) is 5.01 Å². The third-order valence-corrected chi connectivity index (χ3v) is 10.9. The van der Waals surface area contributed by atoms with E-state index in [-0.39, 0.29) is 46.9 Å². The maximum atomic E-state index is 13.6. The highest BCUT2D eigenvalue weighted by atomic mass is 79.9. The molecule has 15 heteroatoms. The van der Waals surface area contributed by atoms with E-state index in [9.17, 15) is 29.3 Å². The molecule has 0 spiro atoms. The van der Waals surface area contributed by atoms with Crippen LogP contribution in [0.2, 0.25) is 10.0 Å². The van der Waals surface area contributed by atoms with Gasteiger partial charge in [-0.3, -0.25) is 29.3 Å². The minimum Gasteiger partial charge on any atom is -0.292 e. The van der Waals surface area contributed by atoms with Gasteiger partial charge in [-0.15, -0.1) is 0 Å². The lowest BCUT2D eigenvalue weighted by Crippen LogP contribution is -2.51. The summed E-state index contributed by atoms with van der Waals surface area (Å²) >= 11 is 25.3. The molecule has 194 valence electrons. The number of carbonyl (C=O) groups excluding carboxylic acids is 4. The Kier molecular flexibility index (Phi) is 8.46. The maximum absolute atomic E-state index is 13.6. The van der Waals surface area contributed by atoms with Crippen molar-refractivity contribution >= 4 is 116 Å². The summed E-state index contributed by atoms with van der Waals surface area (Å²) in [5.74, 6) is -3.31. The molecular weight excluding hydrogens is 805 g/mol. The first kappa shape index (κ1) is 28.8. The van der Waals surface area contributed by atoms with Crippen LogP contribution >= 0.6 is 86.9 Å². The van der Waals surface area contributed by atoms with Gasteiger partial charge in [0.25, 0.3) is 23.4 Å². The summed E-state index contributed by atoms with van der Waals surface area (Å²) in [7, 11) is 0. The summed E-state index contributed by atoms with van der Waals surface area (Å²) in [5, 5.41) is 12.5. The number of benzene rings is 3. The number of imide groups is 1. The predicted octanol–water partition coefficient (Wildman–Crippen LogP) is 7.49.